The van der Waals surface area contributed by atoms with E-state index in [1.807, 2.05) is 0 Å². The molecule has 0 spiro atoms. The predicted molar refractivity (Wildman–Crippen MR) is 260 cm³/mol. The average molecular weight is 769 g/mol. The summed E-state index contributed by atoms with van der Waals surface area (Å²) in [5.74, 6) is 0. The fraction of sp³-hybridized carbons (Fsp3) is 0.0690. The third-order valence-corrected chi connectivity index (χ3v) is 12.4. The summed E-state index contributed by atoms with van der Waals surface area (Å²) in [5.41, 5.74) is 11.8. The molecule has 11 rings (SSSR count). The zero-order valence-corrected chi connectivity index (χ0v) is 34.4. The molecule has 0 bridgehead atoms. The number of anilines is 6. The van der Waals surface area contributed by atoms with Gasteiger partial charge in [0, 0.05) is 34.1 Å². The maximum atomic E-state index is 2.47. The van der Waals surface area contributed by atoms with Crippen LogP contribution in [0.2, 0.25) is 0 Å². The molecule has 0 aliphatic carbocycles. The molecule has 286 valence electrons. The Hall–Kier alpha value is -7.42. The largest absolute Gasteiger partial charge is 0.310 e. The third kappa shape index (κ3) is 5.95. The van der Waals surface area contributed by atoms with Gasteiger partial charge in [-0.25, -0.2) is 0 Å². The van der Waals surface area contributed by atoms with Crippen LogP contribution in [0.1, 0.15) is 22.3 Å². The number of hydrogen-bond donors (Lipinski definition) is 0. The van der Waals surface area contributed by atoms with E-state index < -0.39 is 0 Å². The van der Waals surface area contributed by atoms with E-state index in [-0.39, 0.29) is 0 Å². The molecular weight excluding hydrogens is 725 g/mol. The summed E-state index contributed by atoms with van der Waals surface area (Å²) in [4.78, 5) is 4.76. The molecule has 0 N–H and O–H groups in total. The lowest BCUT2D eigenvalue weighted by Gasteiger charge is -2.27. The SMILES string of the molecule is Cc1ccc(N(c2ccc(C)cc2)c2ccc3c(c2)c2ccccc2c2cc4c5ccc(N(c6ccc(C)cc6)c6ccc(C)cc6)cc5c5ccccc5c4cc32)cc1. The fourth-order valence-electron chi connectivity index (χ4n) is 9.32. The van der Waals surface area contributed by atoms with Gasteiger partial charge in [0.2, 0.25) is 0 Å². The van der Waals surface area contributed by atoms with Crippen molar-refractivity contribution in [3.8, 4) is 0 Å². The van der Waals surface area contributed by atoms with Crippen LogP contribution in [0.15, 0.2) is 194 Å². The number of benzene rings is 11. The average Bonchev–Trinajstić information content (AvgIpc) is 3.29. The topological polar surface area (TPSA) is 6.48 Å². The second-order valence-electron chi connectivity index (χ2n) is 16.5. The Balaban J connectivity index is 1.16. The quantitative estimate of drug-likeness (QED) is 0.123. The number of rotatable bonds is 6. The van der Waals surface area contributed by atoms with Gasteiger partial charge in [0.15, 0.2) is 0 Å². The van der Waals surface area contributed by atoms with Crippen molar-refractivity contribution < 1.29 is 0 Å². The Morgan fingerprint density at radius 1 is 0.200 bits per heavy atom. The molecule has 0 heterocycles. The highest BCUT2D eigenvalue weighted by Crippen LogP contribution is 2.46. The van der Waals surface area contributed by atoms with Crippen molar-refractivity contribution in [1.29, 1.82) is 0 Å². The lowest BCUT2D eigenvalue weighted by atomic mass is 9.88. The van der Waals surface area contributed by atoms with Crippen LogP contribution < -0.4 is 9.80 Å². The molecule has 11 aromatic carbocycles. The summed E-state index contributed by atoms with van der Waals surface area (Å²) >= 11 is 0. The van der Waals surface area contributed by atoms with Crippen LogP contribution in [-0.2, 0) is 0 Å². The first-order valence-electron chi connectivity index (χ1n) is 20.9. The third-order valence-electron chi connectivity index (χ3n) is 12.4. The Bertz CT molecular complexity index is 3110. The second kappa shape index (κ2) is 14.1. The lowest BCUT2D eigenvalue weighted by Crippen LogP contribution is -2.10. The summed E-state index contributed by atoms with van der Waals surface area (Å²) in [6.07, 6.45) is 0. The van der Waals surface area contributed by atoms with Gasteiger partial charge in [0.25, 0.3) is 0 Å². The van der Waals surface area contributed by atoms with Crippen molar-refractivity contribution in [3.63, 3.8) is 0 Å². The van der Waals surface area contributed by atoms with Gasteiger partial charge < -0.3 is 9.80 Å². The van der Waals surface area contributed by atoms with Gasteiger partial charge in [-0.3, -0.25) is 0 Å². The molecule has 0 fully saturated rings. The van der Waals surface area contributed by atoms with Crippen molar-refractivity contribution >= 4 is 98.8 Å². The van der Waals surface area contributed by atoms with Crippen LogP contribution in [0.3, 0.4) is 0 Å². The van der Waals surface area contributed by atoms with E-state index in [9.17, 15) is 0 Å². The first-order chi connectivity index (χ1) is 29.4. The summed E-state index contributed by atoms with van der Waals surface area (Å²) in [6, 6.07) is 72.4. The van der Waals surface area contributed by atoms with Crippen molar-refractivity contribution in [1.82, 2.24) is 0 Å². The van der Waals surface area contributed by atoms with Crippen LogP contribution in [0.25, 0.3) is 64.6 Å². The molecule has 2 nitrogen and oxygen atoms in total. The van der Waals surface area contributed by atoms with Gasteiger partial charge in [-0.05, 0) is 177 Å². The van der Waals surface area contributed by atoms with E-state index in [1.165, 1.54) is 86.9 Å². The minimum absolute atomic E-state index is 1.14. The number of fused-ring (bicyclic) bond motifs is 12. The monoisotopic (exact) mass is 768 g/mol. The highest BCUT2D eigenvalue weighted by atomic mass is 15.1. The molecule has 0 saturated carbocycles. The van der Waals surface area contributed by atoms with Crippen LogP contribution in [-0.4, -0.2) is 0 Å². The van der Waals surface area contributed by atoms with E-state index >= 15 is 0 Å². The molecule has 0 amide bonds. The van der Waals surface area contributed by atoms with Gasteiger partial charge in [-0.1, -0.05) is 131 Å². The molecule has 0 unspecified atom stereocenters. The Morgan fingerprint density at radius 2 is 0.417 bits per heavy atom. The van der Waals surface area contributed by atoms with E-state index in [2.05, 4.69) is 232 Å². The van der Waals surface area contributed by atoms with Crippen LogP contribution >= 0.6 is 0 Å². The zero-order valence-electron chi connectivity index (χ0n) is 34.4. The highest BCUT2D eigenvalue weighted by Gasteiger charge is 2.19. The maximum Gasteiger partial charge on any atom is 0.0468 e. The molecular formula is C58H44N2. The Labute approximate surface area is 351 Å². The first-order valence-corrected chi connectivity index (χ1v) is 20.9. The minimum atomic E-state index is 1.14. The molecule has 0 atom stereocenters. The summed E-state index contributed by atoms with van der Waals surface area (Å²) in [5, 5.41) is 15.1. The summed E-state index contributed by atoms with van der Waals surface area (Å²) in [6.45, 7) is 8.58. The first kappa shape index (κ1) is 35.7. The van der Waals surface area contributed by atoms with E-state index in [0.717, 1.165) is 34.1 Å². The molecule has 0 aromatic heterocycles. The van der Waals surface area contributed by atoms with Gasteiger partial charge >= 0.3 is 0 Å². The van der Waals surface area contributed by atoms with E-state index in [0.29, 0.717) is 0 Å². The number of nitrogens with zero attached hydrogens (tertiary/aromatic N) is 2. The normalized spacial score (nSPS) is 11.7. The van der Waals surface area contributed by atoms with Crippen LogP contribution in [0.5, 0.6) is 0 Å². The van der Waals surface area contributed by atoms with Crippen LogP contribution in [0, 0.1) is 27.7 Å². The lowest BCUT2D eigenvalue weighted by molar-refractivity contribution is 1.27. The minimum Gasteiger partial charge on any atom is -0.310 e. The molecule has 60 heavy (non-hydrogen) atoms. The van der Waals surface area contributed by atoms with Crippen molar-refractivity contribution in [2.75, 3.05) is 9.80 Å². The number of aryl methyl sites for hydroxylation is 4. The fourth-order valence-corrected chi connectivity index (χ4v) is 9.32. The molecule has 11 aromatic rings. The highest BCUT2D eigenvalue weighted by molar-refractivity contribution is 6.33. The van der Waals surface area contributed by atoms with Crippen LogP contribution in [0.4, 0.5) is 34.1 Å². The van der Waals surface area contributed by atoms with Gasteiger partial charge in [-0.15, -0.1) is 0 Å². The van der Waals surface area contributed by atoms with Gasteiger partial charge in [-0.2, -0.15) is 0 Å². The van der Waals surface area contributed by atoms with E-state index in [1.54, 1.807) is 0 Å². The summed E-state index contributed by atoms with van der Waals surface area (Å²) in [7, 11) is 0. The van der Waals surface area contributed by atoms with Crippen molar-refractivity contribution in [3.05, 3.63) is 216 Å². The Morgan fingerprint density at radius 3 is 0.683 bits per heavy atom. The predicted octanol–water partition coefficient (Wildman–Crippen LogP) is 16.8. The van der Waals surface area contributed by atoms with Gasteiger partial charge in [0.05, 0.1) is 0 Å². The van der Waals surface area contributed by atoms with Crippen molar-refractivity contribution in [2.45, 2.75) is 27.7 Å². The zero-order chi connectivity index (χ0) is 40.5. The molecule has 0 aliphatic rings. The second-order valence-corrected chi connectivity index (χ2v) is 16.5. The standard InChI is InChI=1S/C58H44N2/c1-37-13-21-41(22-14-37)59(42-23-15-38(2)16-24-42)45-29-31-51-53(33-45)47-9-5-7-11-49(47)55-36-58-52-32-30-46(34-54(52)48-10-6-8-12-50(48)56(58)35-57(51)55)60(43-25-17-39(3)18-26-43)44-27-19-40(4)20-28-44/h5-36H,1-4H3. The Kier molecular flexibility index (Phi) is 8.42. The molecule has 0 radical (unpaired) electrons. The van der Waals surface area contributed by atoms with Crippen molar-refractivity contribution in [2.24, 2.45) is 0 Å². The summed E-state index contributed by atoms with van der Waals surface area (Å²) < 4.78 is 0. The van der Waals surface area contributed by atoms with Gasteiger partial charge in [0.1, 0.15) is 0 Å². The van der Waals surface area contributed by atoms with E-state index in [4.69, 9.17) is 0 Å². The number of hydrogen-bond acceptors (Lipinski definition) is 2. The molecule has 2 heteroatoms. The smallest absolute Gasteiger partial charge is 0.0468 e. The maximum absolute atomic E-state index is 2.47. The molecule has 0 aliphatic heterocycles. The molecule has 0 saturated heterocycles.